The van der Waals surface area contributed by atoms with Crippen LogP contribution in [-0.4, -0.2) is 14.7 Å². The molecule has 128 valence electrons. The van der Waals surface area contributed by atoms with Gasteiger partial charge in [0, 0.05) is 17.4 Å². The molecule has 3 rings (SSSR count). The first kappa shape index (κ1) is 17.0. The highest BCUT2D eigenvalue weighted by Gasteiger charge is 2.20. The van der Waals surface area contributed by atoms with Gasteiger partial charge in [0.25, 0.3) is 0 Å². The van der Waals surface area contributed by atoms with Gasteiger partial charge in [-0.15, -0.1) is 0 Å². The molecule has 5 heteroatoms. The van der Waals surface area contributed by atoms with Gasteiger partial charge in [0.15, 0.2) is 9.84 Å². The number of para-hydroxylation sites is 1. The molecule has 0 fully saturated rings. The Morgan fingerprint density at radius 3 is 2.20 bits per heavy atom. The third-order valence-electron chi connectivity index (χ3n) is 3.83. The smallest absolute Gasteiger partial charge is 0.178 e. The van der Waals surface area contributed by atoms with Gasteiger partial charge in [-0.05, 0) is 17.7 Å². The maximum absolute atomic E-state index is 12.2. The number of nitrogen functional groups attached to an aromatic ring is 1. The highest BCUT2D eigenvalue weighted by Crippen LogP contribution is 2.37. The fraction of sp³-hybridized carbons (Fsp3) is 0.100. The van der Waals surface area contributed by atoms with Crippen molar-refractivity contribution in [1.82, 2.24) is 0 Å². The molecule has 25 heavy (non-hydrogen) atoms. The second kappa shape index (κ2) is 6.99. The highest BCUT2D eigenvalue weighted by molar-refractivity contribution is 7.91. The Labute approximate surface area is 147 Å². The first-order chi connectivity index (χ1) is 12.0. The monoisotopic (exact) mass is 353 g/mol. The molecular weight excluding hydrogens is 334 g/mol. The summed E-state index contributed by atoms with van der Waals surface area (Å²) in [6.45, 7) is 0.397. The van der Waals surface area contributed by atoms with Crippen molar-refractivity contribution in [2.45, 2.75) is 11.5 Å². The second-order valence-electron chi connectivity index (χ2n) is 5.77. The third kappa shape index (κ3) is 3.83. The first-order valence-electron chi connectivity index (χ1n) is 7.81. The summed E-state index contributed by atoms with van der Waals surface area (Å²) in [5.74, 6) is 0.613. The van der Waals surface area contributed by atoms with Gasteiger partial charge >= 0.3 is 0 Å². The molecule has 0 unspecified atom stereocenters. The van der Waals surface area contributed by atoms with E-state index in [0.29, 0.717) is 23.5 Å². The first-order valence-corrected chi connectivity index (χ1v) is 9.70. The van der Waals surface area contributed by atoms with Gasteiger partial charge < -0.3 is 10.5 Å². The summed E-state index contributed by atoms with van der Waals surface area (Å²) in [5, 5.41) is 0. The van der Waals surface area contributed by atoms with Gasteiger partial charge in [0.05, 0.1) is 10.6 Å². The molecule has 0 heterocycles. The number of hydrogen-bond acceptors (Lipinski definition) is 4. The zero-order valence-electron chi connectivity index (χ0n) is 13.8. The highest BCUT2D eigenvalue weighted by atomic mass is 32.2. The molecular formula is C20H19NO3S. The lowest BCUT2D eigenvalue weighted by Crippen LogP contribution is -2.05. The van der Waals surface area contributed by atoms with E-state index < -0.39 is 9.84 Å². The molecule has 0 saturated heterocycles. The number of hydrogen-bond donors (Lipinski definition) is 1. The molecule has 3 aromatic rings. The molecule has 0 spiro atoms. The molecule has 0 atom stereocenters. The van der Waals surface area contributed by atoms with Crippen LogP contribution in [0.4, 0.5) is 5.69 Å². The van der Waals surface area contributed by atoms with E-state index in [-0.39, 0.29) is 10.6 Å². The Morgan fingerprint density at radius 1 is 0.840 bits per heavy atom. The number of rotatable bonds is 5. The molecule has 0 aliphatic carbocycles. The van der Waals surface area contributed by atoms with Crippen LogP contribution in [0.15, 0.2) is 77.7 Å². The zero-order chi connectivity index (χ0) is 17.9. The molecule has 3 aromatic carbocycles. The van der Waals surface area contributed by atoms with Crippen LogP contribution in [0.2, 0.25) is 0 Å². The summed E-state index contributed by atoms with van der Waals surface area (Å²) in [6.07, 6.45) is 1.16. The number of benzene rings is 3. The van der Waals surface area contributed by atoms with E-state index in [2.05, 4.69) is 0 Å². The summed E-state index contributed by atoms with van der Waals surface area (Å²) >= 11 is 0. The van der Waals surface area contributed by atoms with Crippen LogP contribution in [0.1, 0.15) is 5.56 Å². The molecule has 0 radical (unpaired) electrons. The lowest BCUT2D eigenvalue weighted by Gasteiger charge is -2.15. The predicted molar refractivity (Wildman–Crippen MR) is 100 cm³/mol. The standard InChI is InChI=1S/C20H19NO3S/c1-25(22,23)20-17(11-7-12-18(20)21)16-10-5-6-13-19(16)24-14-15-8-3-2-4-9-15/h2-13H,14,21H2,1H3. The van der Waals surface area contributed by atoms with Gasteiger partial charge in [-0.3, -0.25) is 0 Å². The minimum absolute atomic E-state index is 0.130. The van der Waals surface area contributed by atoms with Crippen molar-refractivity contribution < 1.29 is 13.2 Å². The molecule has 0 saturated carbocycles. The van der Waals surface area contributed by atoms with Gasteiger partial charge in [0.1, 0.15) is 12.4 Å². The topological polar surface area (TPSA) is 69.4 Å². The van der Waals surface area contributed by atoms with Crippen LogP contribution in [0, 0.1) is 0 Å². The maximum atomic E-state index is 12.2. The van der Waals surface area contributed by atoms with Crippen molar-refractivity contribution in [1.29, 1.82) is 0 Å². The minimum Gasteiger partial charge on any atom is -0.488 e. The van der Waals surface area contributed by atoms with E-state index in [0.717, 1.165) is 11.8 Å². The van der Waals surface area contributed by atoms with Gasteiger partial charge in [-0.2, -0.15) is 0 Å². The fourth-order valence-corrected chi connectivity index (χ4v) is 3.80. The average molecular weight is 353 g/mol. The van der Waals surface area contributed by atoms with E-state index >= 15 is 0 Å². The summed E-state index contributed by atoms with van der Waals surface area (Å²) in [4.78, 5) is 0.130. The van der Waals surface area contributed by atoms with Crippen molar-refractivity contribution in [2.75, 3.05) is 12.0 Å². The van der Waals surface area contributed by atoms with Crippen molar-refractivity contribution >= 4 is 15.5 Å². The van der Waals surface area contributed by atoms with Crippen molar-refractivity contribution in [3.05, 3.63) is 78.4 Å². The Kier molecular flexibility index (Phi) is 4.76. The number of anilines is 1. The van der Waals surface area contributed by atoms with E-state index in [9.17, 15) is 8.42 Å². The summed E-state index contributed by atoms with van der Waals surface area (Å²) < 4.78 is 30.4. The molecule has 2 N–H and O–H groups in total. The van der Waals surface area contributed by atoms with Crippen LogP contribution in [0.3, 0.4) is 0 Å². The number of nitrogens with two attached hydrogens (primary N) is 1. The zero-order valence-corrected chi connectivity index (χ0v) is 14.7. The molecule has 0 aliphatic heterocycles. The van der Waals surface area contributed by atoms with Crippen LogP contribution in [0.25, 0.3) is 11.1 Å². The third-order valence-corrected chi connectivity index (χ3v) is 5.03. The van der Waals surface area contributed by atoms with Crippen LogP contribution in [0.5, 0.6) is 5.75 Å². The quantitative estimate of drug-likeness (QED) is 0.706. The SMILES string of the molecule is CS(=O)(=O)c1c(N)cccc1-c1ccccc1OCc1ccccc1. The van der Waals surface area contributed by atoms with Gasteiger partial charge in [-0.1, -0.05) is 60.7 Å². The largest absolute Gasteiger partial charge is 0.488 e. The summed E-state index contributed by atoms with van der Waals surface area (Å²) in [6, 6.07) is 22.2. The van der Waals surface area contributed by atoms with Crippen LogP contribution < -0.4 is 10.5 Å². The van der Waals surface area contributed by atoms with Crippen molar-refractivity contribution in [3.63, 3.8) is 0 Å². The predicted octanol–water partition coefficient (Wildman–Crippen LogP) is 3.92. The minimum atomic E-state index is -3.48. The molecule has 0 bridgehead atoms. The lowest BCUT2D eigenvalue weighted by molar-refractivity contribution is 0.307. The maximum Gasteiger partial charge on any atom is 0.178 e. The lowest BCUT2D eigenvalue weighted by atomic mass is 10.0. The van der Waals surface area contributed by atoms with Crippen LogP contribution >= 0.6 is 0 Å². The number of sulfone groups is 1. The van der Waals surface area contributed by atoms with E-state index in [1.54, 1.807) is 18.2 Å². The molecule has 0 aromatic heterocycles. The van der Waals surface area contributed by atoms with Crippen molar-refractivity contribution in [3.8, 4) is 16.9 Å². The Bertz CT molecular complexity index is 983. The Morgan fingerprint density at radius 2 is 1.48 bits per heavy atom. The molecule has 0 aliphatic rings. The Balaban J connectivity index is 2.04. The average Bonchev–Trinajstić information content (AvgIpc) is 2.60. The van der Waals surface area contributed by atoms with Gasteiger partial charge in [0.2, 0.25) is 0 Å². The van der Waals surface area contributed by atoms with Crippen LogP contribution in [-0.2, 0) is 16.4 Å². The molecule has 0 amide bonds. The normalized spacial score (nSPS) is 11.2. The summed E-state index contributed by atoms with van der Waals surface area (Å²) in [7, 11) is -3.48. The Hall–Kier alpha value is -2.79. The molecule has 4 nitrogen and oxygen atoms in total. The van der Waals surface area contributed by atoms with Gasteiger partial charge in [-0.25, -0.2) is 8.42 Å². The summed E-state index contributed by atoms with van der Waals surface area (Å²) in [5.41, 5.74) is 8.46. The van der Waals surface area contributed by atoms with E-state index in [1.165, 1.54) is 0 Å². The second-order valence-corrected chi connectivity index (χ2v) is 7.72. The fourth-order valence-electron chi connectivity index (χ4n) is 2.73. The van der Waals surface area contributed by atoms with Crippen molar-refractivity contribution in [2.24, 2.45) is 0 Å². The van der Waals surface area contributed by atoms with E-state index in [1.807, 2.05) is 54.6 Å². The number of ether oxygens (including phenoxy) is 1. The van der Waals surface area contributed by atoms with E-state index in [4.69, 9.17) is 10.5 Å².